The Morgan fingerprint density at radius 1 is 1.17 bits per heavy atom. The molecule has 0 fully saturated rings. The molecule has 0 heterocycles. The lowest BCUT2D eigenvalue weighted by atomic mass is 10.2. The quantitative estimate of drug-likeness (QED) is 0.514. The van der Waals surface area contributed by atoms with Crippen LogP contribution in [0, 0.1) is 0 Å². The molecule has 0 aliphatic carbocycles. The zero-order valence-corrected chi connectivity index (χ0v) is 13.4. The third-order valence-corrected chi connectivity index (χ3v) is 4.18. The van der Waals surface area contributed by atoms with Crippen molar-refractivity contribution in [1.29, 1.82) is 0 Å². The number of benzene rings is 1. The lowest BCUT2D eigenvalue weighted by Crippen LogP contribution is -2.40. The van der Waals surface area contributed by atoms with Gasteiger partial charge in [0.15, 0.2) is 0 Å². The summed E-state index contributed by atoms with van der Waals surface area (Å²) < 4.78 is 63.8. The van der Waals surface area contributed by atoms with E-state index in [-0.39, 0.29) is 19.4 Å². The summed E-state index contributed by atoms with van der Waals surface area (Å²) in [6, 6.07) is 3.34. The Bertz CT molecular complexity index is 705. The largest absolute Gasteiger partial charge is 0.416 e. The molecule has 0 saturated carbocycles. The molecule has 1 aromatic carbocycles. The number of hydrazine groups is 1. The molecule has 3 N–H and O–H groups in total. The van der Waals surface area contributed by atoms with Crippen molar-refractivity contribution in [2.75, 3.05) is 6.54 Å². The van der Waals surface area contributed by atoms with Gasteiger partial charge in [-0.2, -0.15) is 13.2 Å². The fourth-order valence-corrected chi connectivity index (χ4v) is 2.72. The van der Waals surface area contributed by atoms with Crippen LogP contribution in [0.1, 0.15) is 25.3 Å². The molecule has 134 valence electrons. The van der Waals surface area contributed by atoms with Crippen molar-refractivity contribution in [1.82, 2.24) is 15.6 Å². The van der Waals surface area contributed by atoms with Crippen LogP contribution < -0.4 is 15.6 Å². The third kappa shape index (κ3) is 6.54. The molecule has 0 saturated heterocycles. The molecule has 0 atom stereocenters. The number of alkyl halides is 3. The minimum atomic E-state index is -4.65. The van der Waals surface area contributed by atoms with E-state index < -0.39 is 38.5 Å². The number of amides is 2. The maximum absolute atomic E-state index is 12.6. The number of carbonyl (C=O) groups excluding carboxylic acids is 2. The van der Waals surface area contributed by atoms with Gasteiger partial charge in [-0.15, -0.1) is 0 Å². The normalized spacial score (nSPS) is 11.8. The van der Waals surface area contributed by atoms with Crippen molar-refractivity contribution in [2.24, 2.45) is 0 Å². The summed E-state index contributed by atoms with van der Waals surface area (Å²) in [4.78, 5) is 21.3. The fourth-order valence-electron chi connectivity index (χ4n) is 1.60. The van der Waals surface area contributed by atoms with E-state index in [0.717, 1.165) is 18.2 Å². The second-order valence-corrected chi connectivity index (χ2v) is 6.52. The second-order valence-electron chi connectivity index (χ2n) is 4.76. The molecule has 0 bridgehead atoms. The van der Waals surface area contributed by atoms with Crippen LogP contribution in [-0.4, -0.2) is 26.8 Å². The van der Waals surface area contributed by atoms with E-state index in [1.54, 1.807) is 0 Å². The summed E-state index contributed by atoms with van der Waals surface area (Å²) in [7, 11) is -4.12. The topological polar surface area (TPSA) is 104 Å². The van der Waals surface area contributed by atoms with Gasteiger partial charge in [-0.05, 0) is 24.6 Å². The molecular weight excluding hydrogens is 351 g/mol. The molecule has 2 amide bonds. The Hall–Kier alpha value is -2.14. The summed E-state index contributed by atoms with van der Waals surface area (Å²) in [6.45, 7) is 1.05. The first-order valence-corrected chi connectivity index (χ1v) is 8.23. The van der Waals surface area contributed by atoms with Crippen molar-refractivity contribution < 1.29 is 31.2 Å². The maximum Gasteiger partial charge on any atom is 0.416 e. The number of carbonyl (C=O) groups is 2. The van der Waals surface area contributed by atoms with Crippen molar-refractivity contribution in [3.05, 3.63) is 29.8 Å². The van der Waals surface area contributed by atoms with Gasteiger partial charge in [0, 0.05) is 19.9 Å². The van der Waals surface area contributed by atoms with E-state index in [2.05, 4.69) is 15.6 Å². The summed E-state index contributed by atoms with van der Waals surface area (Å²) in [5.74, 6) is -0.989. The molecule has 1 aromatic rings. The number of hydrogen-bond acceptors (Lipinski definition) is 4. The van der Waals surface area contributed by atoms with Crippen LogP contribution >= 0.6 is 0 Å². The van der Waals surface area contributed by atoms with Gasteiger partial charge in [-0.1, -0.05) is 6.07 Å². The molecule has 0 radical (unpaired) electrons. The highest BCUT2D eigenvalue weighted by molar-refractivity contribution is 7.89. The third-order valence-electron chi connectivity index (χ3n) is 2.72. The monoisotopic (exact) mass is 367 g/mol. The van der Waals surface area contributed by atoms with Crippen LogP contribution in [0.4, 0.5) is 13.2 Å². The van der Waals surface area contributed by atoms with Crippen molar-refractivity contribution in [3.63, 3.8) is 0 Å². The second kappa shape index (κ2) is 8.11. The van der Waals surface area contributed by atoms with Gasteiger partial charge < -0.3 is 0 Å². The van der Waals surface area contributed by atoms with Gasteiger partial charge in [-0.25, -0.2) is 13.1 Å². The van der Waals surface area contributed by atoms with Crippen LogP contribution in [0.3, 0.4) is 0 Å². The molecule has 0 aromatic heterocycles. The lowest BCUT2D eigenvalue weighted by molar-refractivity contribution is -0.137. The summed E-state index contributed by atoms with van der Waals surface area (Å²) in [5, 5.41) is 0. The van der Waals surface area contributed by atoms with Gasteiger partial charge >= 0.3 is 6.18 Å². The standard InChI is InChI=1S/C13H16F3N3O4S/c1-9(20)18-19-12(21)6-3-7-17-24(22,23)11-5-2-4-10(8-11)13(14,15)16/h2,4-5,8,17H,3,6-7H2,1H3,(H,18,20)(H,19,21). The smallest absolute Gasteiger partial charge is 0.274 e. The van der Waals surface area contributed by atoms with E-state index in [9.17, 15) is 31.2 Å². The molecule has 0 aliphatic heterocycles. The van der Waals surface area contributed by atoms with E-state index in [1.165, 1.54) is 6.92 Å². The SMILES string of the molecule is CC(=O)NNC(=O)CCCNS(=O)(=O)c1cccc(C(F)(F)F)c1. The lowest BCUT2D eigenvalue weighted by Gasteiger charge is -2.10. The van der Waals surface area contributed by atoms with Gasteiger partial charge in [-0.3, -0.25) is 20.4 Å². The zero-order chi connectivity index (χ0) is 18.4. The highest BCUT2D eigenvalue weighted by Crippen LogP contribution is 2.30. The van der Waals surface area contributed by atoms with Crippen molar-refractivity contribution >= 4 is 21.8 Å². The van der Waals surface area contributed by atoms with Crippen LogP contribution in [0.15, 0.2) is 29.2 Å². The average molecular weight is 367 g/mol. The number of nitrogens with one attached hydrogen (secondary N) is 3. The van der Waals surface area contributed by atoms with E-state index in [4.69, 9.17) is 0 Å². The van der Waals surface area contributed by atoms with Crippen molar-refractivity contribution in [2.45, 2.75) is 30.8 Å². The number of sulfonamides is 1. The highest BCUT2D eigenvalue weighted by atomic mass is 32.2. The van der Waals surface area contributed by atoms with Crippen LogP contribution in [0.5, 0.6) is 0 Å². The van der Waals surface area contributed by atoms with Crippen LogP contribution in [0.25, 0.3) is 0 Å². The molecule has 0 spiro atoms. The maximum atomic E-state index is 12.6. The average Bonchev–Trinajstić information content (AvgIpc) is 2.49. The van der Waals surface area contributed by atoms with Crippen molar-refractivity contribution in [3.8, 4) is 0 Å². The van der Waals surface area contributed by atoms with Crippen LogP contribution in [-0.2, 0) is 25.8 Å². The Morgan fingerprint density at radius 3 is 2.42 bits per heavy atom. The van der Waals surface area contributed by atoms with Gasteiger partial charge in [0.2, 0.25) is 21.8 Å². The number of halogens is 3. The van der Waals surface area contributed by atoms with E-state index in [1.807, 2.05) is 0 Å². The molecule has 7 nitrogen and oxygen atoms in total. The Balaban J connectivity index is 2.56. The van der Waals surface area contributed by atoms with E-state index >= 15 is 0 Å². The molecule has 24 heavy (non-hydrogen) atoms. The first-order valence-electron chi connectivity index (χ1n) is 6.75. The fraction of sp³-hybridized carbons (Fsp3) is 0.385. The van der Waals surface area contributed by atoms with Gasteiger partial charge in [0.05, 0.1) is 10.5 Å². The summed E-state index contributed by atoms with van der Waals surface area (Å²) in [5.41, 5.74) is 3.09. The first-order chi connectivity index (χ1) is 11.0. The van der Waals surface area contributed by atoms with Gasteiger partial charge in [0.1, 0.15) is 0 Å². The summed E-state index contributed by atoms with van der Waals surface area (Å²) in [6.07, 6.45) is -4.62. The Kier molecular flexibility index (Phi) is 6.72. The first kappa shape index (κ1) is 19.9. The van der Waals surface area contributed by atoms with Gasteiger partial charge in [0.25, 0.3) is 0 Å². The molecular formula is C13H16F3N3O4S. The predicted octanol–water partition coefficient (Wildman–Crippen LogP) is 0.931. The number of hydrogen-bond donors (Lipinski definition) is 3. The van der Waals surface area contributed by atoms with Crippen LogP contribution in [0.2, 0.25) is 0 Å². The predicted molar refractivity (Wildman–Crippen MR) is 77.8 cm³/mol. The zero-order valence-electron chi connectivity index (χ0n) is 12.6. The Labute approximate surface area is 136 Å². The minimum Gasteiger partial charge on any atom is -0.274 e. The molecule has 0 aliphatic rings. The highest BCUT2D eigenvalue weighted by Gasteiger charge is 2.31. The Morgan fingerprint density at radius 2 is 1.83 bits per heavy atom. The molecule has 11 heteroatoms. The molecule has 0 unspecified atom stereocenters. The van der Waals surface area contributed by atoms with E-state index in [0.29, 0.717) is 6.07 Å². The number of rotatable bonds is 6. The minimum absolute atomic E-state index is 0.0780. The summed E-state index contributed by atoms with van der Waals surface area (Å²) >= 11 is 0. The molecule has 1 rings (SSSR count).